The lowest BCUT2D eigenvalue weighted by atomic mass is 10.1. The molecule has 25 heteroatoms. The fraction of sp³-hybridized carbons (Fsp3) is 0.621. The number of nitrogens with two attached hydrogens (primary N) is 4. The van der Waals surface area contributed by atoms with Crippen molar-refractivity contribution in [3.63, 3.8) is 0 Å². The summed E-state index contributed by atoms with van der Waals surface area (Å²) in [6.07, 6.45) is -0.669. The van der Waals surface area contributed by atoms with E-state index in [1.807, 2.05) is 0 Å². The standard InChI is InChI=1S/C29H50N12O12S/c1-13(24(49)40-17(23(31)48)10-21(46)47)37-27(52)18(9-19(30)44)38-20(45)11-35-28(53)22(14(2)43)41-26(51)16(5-4-7-34-29(32)33)39-25(50)15(36-12-42)6-8-54-3/h12-18,22,43H,4-11H2,1-3H3,(H2,30,44)(H2,31,48)(H,35,53)(H,36,42)(H,37,52)(H,38,45)(H,39,50)(H,40,49)(H,41,51)(H,46,47)(H4,32,33,34)/t13-,14+,15-,16-,17-,18-,22-/m0/s1. The van der Waals surface area contributed by atoms with Gasteiger partial charge in [-0.15, -0.1) is 0 Å². The molecule has 54 heavy (non-hydrogen) atoms. The fourth-order valence-corrected chi connectivity index (χ4v) is 4.79. The maximum atomic E-state index is 13.3. The van der Waals surface area contributed by atoms with Crippen LogP contribution in [0.1, 0.15) is 46.0 Å². The van der Waals surface area contributed by atoms with Gasteiger partial charge in [-0.1, -0.05) is 0 Å². The number of carboxylic acid groups (broad SMARTS) is 1. The first kappa shape index (κ1) is 48.3. The van der Waals surface area contributed by atoms with E-state index in [9.17, 15) is 53.1 Å². The Labute approximate surface area is 313 Å². The molecule has 0 aromatic rings. The van der Waals surface area contributed by atoms with E-state index in [4.69, 9.17) is 28.0 Å². The molecule has 0 saturated carbocycles. The van der Waals surface area contributed by atoms with Gasteiger partial charge in [-0.25, -0.2) is 0 Å². The Morgan fingerprint density at radius 2 is 1.33 bits per heavy atom. The van der Waals surface area contributed by atoms with Gasteiger partial charge in [0.25, 0.3) is 0 Å². The Hall–Kier alpha value is -5.72. The SMILES string of the molecule is CSCC[C@H](NC=O)C(=O)N[C@@H](CCCN=C(N)N)C(=O)N[C@H](C(=O)NCC(=O)N[C@@H](CC(N)=O)C(=O)N[C@@H](C)C(=O)N[C@@H](CC(=O)O)C(N)=O)[C@@H](C)O. The monoisotopic (exact) mass is 790 g/mol. The molecule has 304 valence electrons. The summed E-state index contributed by atoms with van der Waals surface area (Å²) in [6.45, 7) is 1.51. The number of carboxylic acids is 1. The minimum Gasteiger partial charge on any atom is -0.481 e. The molecule has 0 fully saturated rings. The molecule has 24 nitrogen and oxygen atoms in total. The molecule has 17 N–H and O–H groups in total. The topological polar surface area (TPSA) is 412 Å². The van der Waals surface area contributed by atoms with Crippen molar-refractivity contribution in [3.05, 3.63) is 0 Å². The number of thioether (sulfide) groups is 1. The summed E-state index contributed by atoms with van der Waals surface area (Å²) in [7, 11) is 0. The number of amides is 9. The zero-order valence-corrected chi connectivity index (χ0v) is 30.7. The summed E-state index contributed by atoms with van der Waals surface area (Å²) in [4.78, 5) is 126. The zero-order chi connectivity index (χ0) is 41.5. The predicted octanol–water partition coefficient (Wildman–Crippen LogP) is -7.32. The number of aliphatic hydroxyl groups is 1. The minimum absolute atomic E-state index is 0.0428. The van der Waals surface area contributed by atoms with Gasteiger partial charge in [0, 0.05) is 6.54 Å². The number of rotatable bonds is 27. The van der Waals surface area contributed by atoms with Gasteiger partial charge in [-0.05, 0) is 45.1 Å². The molecule has 9 amide bonds. The molecule has 0 aliphatic rings. The van der Waals surface area contributed by atoms with Crippen LogP contribution in [0.2, 0.25) is 0 Å². The van der Waals surface area contributed by atoms with Crippen molar-refractivity contribution in [3.8, 4) is 0 Å². The summed E-state index contributed by atoms with van der Waals surface area (Å²) >= 11 is 1.42. The van der Waals surface area contributed by atoms with Crippen molar-refractivity contribution in [2.75, 3.05) is 25.1 Å². The van der Waals surface area contributed by atoms with Crippen LogP contribution in [0.4, 0.5) is 0 Å². The van der Waals surface area contributed by atoms with Crippen molar-refractivity contribution < 1.29 is 58.2 Å². The maximum absolute atomic E-state index is 13.3. The quantitative estimate of drug-likeness (QED) is 0.0159. The molecule has 0 aromatic carbocycles. The fourth-order valence-electron chi connectivity index (χ4n) is 4.32. The molecule has 0 saturated heterocycles. The van der Waals surface area contributed by atoms with Crippen LogP contribution in [-0.4, -0.2) is 143 Å². The van der Waals surface area contributed by atoms with E-state index < -0.39 is 115 Å². The van der Waals surface area contributed by atoms with Crippen LogP contribution in [-0.2, 0) is 47.9 Å². The number of nitrogens with zero attached hydrogens (tertiary/aromatic N) is 1. The summed E-state index contributed by atoms with van der Waals surface area (Å²) in [5, 5.41) is 34.9. The Morgan fingerprint density at radius 1 is 0.741 bits per heavy atom. The second kappa shape index (κ2) is 25.3. The van der Waals surface area contributed by atoms with Gasteiger partial charge >= 0.3 is 5.97 Å². The third-order valence-electron chi connectivity index (χ3n) is 7.11. The van der Waals surface area contributed by atoms with Crippen LogP contribution in [0.5, 0.6) is 0 Å². The molecule has 0 rings (SSSR count). The van der Waals surface area contributed by atoms with Gasteiger partial charge in [-0.3, -0.25) is 52.9 Å². The second-order valence-corrected chi connectivity index (χ2v) is 12.6. The summed E-state index contributed by atoms with van der Waals surface area (Å²) in [5.41, 5.74) is 20.9. The molecular weight excluding hydrogens is 740 g/mol. The van der Waals surface area contributed by atoms with E-state index in [1.54, 1.807) is 6.26 Å². The minimum atomic E-state index is -1.68. The van der Waals surface area contributed by atoms with Gasteiger partial charge in [0.1, 0.15) is 36.3 Å². The van der Waals surface area contributed by atoms with Crippen molar-refractivity contribution in [1.82, 2.24) is 37.2 Å². The molecule has 0 spiro atoms. The van der Waals surface area contributed by atoms with E-state index >= 15 is 0 Å². The molecule has 0 heterocycles. The molecule has 0 aromatic heterocycles. The largest absolute Gasteiger partial charge is 0.481 e. The zero-order valence-electron chi connectivity index (χ0n) is 29.9. The van der Waals surface area contributed by atoms with E-state index in [1.165, 1.54) is 11.8 Å². The van der Waals surface area contributed by atoms with Crippen molar-refractivity contribution in [2.24, 2.45) is 27.9 Å². The van der Waals surface area contributed by atoms with E-state index in [0.29, 0.717) is 12.2 Å². The smallest absolute Gasteiger partial charge is 0.305 e. The average molecular weight is 791 g/mol. The number of hydrogen-bond acceptors (Lipinski definition) is 13. The first-order valence-corrected chi connectivity index (χ1v) is 17.6. The Kier molecular flexibility index (Phi) is 22.6. The lowest BCUT2D eigenvalue weighted by Gasteiger charge is -2.26. The number of guanidine groups is 1. The summed E-state index contributed by atoms with van der Waals surface area (Å²) in [5.74, 6) is -9.27. The molecular formula is C29H50N12O12S. The highest BCUT2D eigenvalue weighted by Gasteiger charge is 2.32. The van der Waals surface area contributed by atoms with Crippen molar-refractivity contribution in [2.45, 2.75) is 88.3 Å². The lowest BCUT2D eigenvalue weighted by molar-refractivity contribution is -0.140. The number of primary amides is 2. The highest BCUT2D eigenvalue weighted by Crippen LogP contribution is 2.06. The predicted molar refractivity (Wildman–Crippen MR) is 191 cm³/mol. The van der Waals surface area contributed by atoms with E-state index in [0.717, 1.165) is 13.8 Å². The maximum Gasteiger partial charge on any atom is 0.305 e. The first-order valence-electron chi connectivity index (χ1n) is 16.2. The average Bonchev–Trinajstić information content (AvgIpc) is 3.07. The molecule has 0 aliphatic heterocycles. The Balaban J connectivity index is 5.70. The molecule has 0 aliphatic carbocycles. The van der Waals surface area contributed by atoms with Gasteiger partial charge in [0.15, 0.2) is 5.96 Å². The normalized spacial score (nSPS) is 14.4. The van der Waals surface area contributed by atoms with Crippen LogP contribution in [0, 0.1) is 0 Å². The molecule has 0 radical (unpaired) electrons. The number of aliphatic imine (C=N–C) groups is 1. The van der Waals surface area contributed by atoms with Crippen LogP contribution in [0.3, 0.4) is 0 Å². The Morgan fingerprint density at radius 3 is 1.85 bits per heavy atom. The number of carbonyl (C=O) groups excluding carboxylic acids is 9. The van der Waals surface area contributed by atoms with E-state index in [-0.39, 0.29) is 31.8 Å². The first-order chi connectivity index (χ1) is 25.2. The van der Waals surface area contributed by atoms with Crippen molar-refractivity contribution >= 4 is 77.4 Å². The van der Waals surface area contributed by atoms with Gasteiger partial charge < -0.3 is 70.4 Å². The van der Waals surface area contributed by atoms with Gasteiger partial charge in [0.05, 0.1) is 25.5 Å². The number of carbonyl (C=O) groups is 10. The van der Waals surface area contributed by atoms with Crippen LogP contribution in [0.25, 0.3) is 0 Å². The highest BCUT2D eigenvalue weighted by molar-refractivity contribution is 7.98. The second-order valence-electron chi connectivity index (χ2n) is 11.7. The highest BCUT2D eigenvalue weighted by atomic mass is 32.2. The van der Waals surface area contributed by atoms with Gasteiger partial charge in [-0.2, -0.15) is 11.8 Å². The molecule has 7 atom stereocenters. The molecule has 0 unspecified atom stereocenters. The third-order valence-corrected chi connectivity index (χ3v) is 7.75. The summed E-state index contributed by atoms with van der Waals surface area (Å²) in [6, 6.07) is -8.70. The Bertz CT molecular complexity index is 1400. The molecule has 0 bridgehead atoms. The number of aliphatic carboxylic acids is 1. The third kappa shape index (κ3) is 19.8. The van der Waals surface area contributed by atoms with Crippen molar-refractivity contribution in [1.29, 1.82) is 0 Å². The number of aliphatic hydroxyl groups excluding tert-OH is 1. The van der Waals surface area contributed by atoms with Crippen LogP contribution in [0.15, 0.2) is 4.99 Å². The van der Waals surface area contributed by atoms with Gasteiger partial charge in [0.2, 0.25) is 53.7 Å². The van der Waals surface area contributed by atoms with E-state index in [2.05, 4.69) is 42.2 Å². The number of hydrogen-bond donors (Lipinski definition) is 13. The van der Waals surface area contributed by atoms with Crippen LogP contribution >= 0.6 is 11.8 Å². The summed E-state index contributed by atoms with van der Waals surface area (Å²) < 4.78 is 0. The van der Waals surface area contributed by atoms with Crippen LogP contribution < -0.4 is 60.2 Å². The number of nitrogens with one attached hydrogen (secondary N) is 7. The lowest BCUT2D eigenvalue weighted by Crippen LogP contribution is -2.59.